The van der Waals surface area contributed by atoms with Crippen LogP contribution in [0.15, 0.2) is 24.3 Å². The Labute approximate surface area is 123 Å². The Bertz CT molecular complexity index is 507. The van der Waals surface area contributed by atoms with Gasteiger partial charge in [-0.1, -0.05) is 29.8 Å². The Morgan fingerprint density at radius 3 is 2.95 bits per heavy atom. The summed E-state index contributed by atoms with van der Waals surface area (Å²) in [4.78, 5) is 24.3. The number of hydrogen-bond acceptors (Lipinski definition) is 2. The average Bonchev–Trinajstić information content (AvgIpc) is 2.38. The number of halogens is 1. The van der Waals surface area contributed by atoms with Gasteiger partial charge in [0.2, 0.25) is 0 Å². The van der Waals surface area contributed by atoms with E-state index >= 15 is 0 Å². The molecule has 0 saturated carbocycles. The molecule has 1 aromatic carbocycles. The smallest absolute Gasteiger partial charge is 0.275 e. The molecule has 1 heterocycles. The predicted molar refractivity (Wildman–Crippen MR) is 76.6 cm³/mol. The predicted octanol–water partition coefficient (Wildman–Crippen LogP) is -0.468. The maximum atomic E-state index is 12.0. The summed E-state index contributed by atoms with van der Waals surface area (Å²) in [6.07, 6.45) is 0. The Morgan fingerprint density at radius 2 is 2.25 bits per heavy atom. The Morgan fingerprint density at radius 1 is 1.50 bits per heavy atom. The van der Waals surface area contributed by atoms with Crippen LogP contribution in [-0.2, 0) is 9.59 Å². The average molecular weight is 297 g/mol. The maximum Gasteiger partial charge on any atom is 0.275 e. The molecule has 1 aromatic rings. The number of carbonyl (C=O) groups excluding carboxylic acids is 2. The lowest BCUT2D eigenvalue weighted by Gasteiger charge is -2.24. The van der Waals surface area contributed by atoms with Crippen molar-refractivity contribution >= 4 is 23.4 Å². The van der Waals surface area contributed by atoms with Crippen LogP contribution >= 0.6 is 11.6 Å². The third-order valence-electron chi connectivity index (χ3n) is 3.37. The summed E-state index contributed by atoms with van der Waals surface area (Å²) in [5.41, 5.74) is 0.897. The van der Waals surface area contributed by atoms with Crippen LogP contribution in [0.3, 0.4) is 0 Å². The fourth-order valence-corrected chi connectivity index (χ4v) is 2.63. The summed E-state index contributed by atoms with van der Waals surface area (Å²) in [7, 11) is 0. The monoisotopic (exact) mass is 296 g/mol. The first-order chi connectivity index (χ1) is 9.56. The molecule has 2 amide bonds. The number of nitrogens with one attached hydrogen (secondary N) is 3. The number of carbonyl (C=O) groups is 2. The fraction of sp³-hybridized carbons (Fsp3) is 0.429. The SMILES string of the molecule is C[C@@H](NC(=O)C[NH+]1CCNC(=O)C1)c1ccccc1Cl. The Balaban J connectivity index is 1.88. The molecule has 6 heteroatoms. The lowest BCUT2D eigenvalue weighted by molar-refractivity contribution is -0.885. The number of hydrogen-bond donors (Lipinski definition) is 3. The molecule has 0 aromatic heterocycles. The van der Waals surface area contributed by atoms with Crippen LogP contribution in [-0.4, -0.2) is 38.0 Å². The molecular formula is C14H19ClN3O2+. The number of rotatable bonds is 4. The largest absolute Gasteiger partial charge is 0.346 e. The van der Waals surface area contributed by atoms with Crippen molar-refractivity contribution in [1.82, 2.24) is 10.6 Å². The van der Waals surface area contributed by atoms with E-state index in [9.17, 15) is 9.59 Å². The van der Waals surface area contributed by atoms with Gasteiger partial charge in [0.05, 0.1) is 19.1 Å². The topological polar surface area (TPSA) is 62.6 Å². The summed E-state index contributed by atoms with van der Waals surface area (Å²) < 4.78 is 0. The molecule has 1 unspecified atom stereocenters. The van der Waals surface area contributed by atoms with Crippen LogP contribution < -0.4 is 15.5 Å². The van der Waals surface area contributed by atoms with Crippen molar-refractivity contribution in [3.63, 3.8) is 0 Å². The van der Waals surface area contributed by atoms with Crippen molar-refractivity contribution < 1.29 is 14.5 Å². The zero-order chi connectivity index (χ0) is 14.5. The number of quaternary nitrogens is 1. The van der Waals surface area contributed by atoms with Gasteiger partial charge in [0.15, 0.2) is 13.1 Å². The minimum Gasteiger partial charge on any atom is -0.346 e. The normalized spacial score (nSPS) is 20.1. The summed E-state index contributed by atoms with van der Waals surface area (Å²) >= 11 is 6.10. The molecule has 2 rings (SSSR count). The summed E-state index contributed by atoms with van der Waals surface area (Å²) in [6.45, 7) is 3.97. The van der Waals surface area contributed by atoms with E-state index in [4.69, 9.17) is 11.6 Å². The van der Waals surface area contributed by atoms with Gasteiger partial charge < -0.3 is 15.5 Å². The lowest BCUT2D eigenvalue weighted by Crippen LogP contribution is -3.16. The van der Waals surface area contributed by atoms with Gasteiger partial charge in [-0.3, -0.25) is 9.59 Å². The first kappa shape index (κ1) is 14.8. The Hall–Kier alpha value is -1.59. The first-order valence-corrected chi connectivity index (χ1v) is 7.08. The zero-order valence-corrected chi connectivity index (χ0v) is 12.2. The van der Waals surface area contributed by atoms with Crippen molar-refractivity contribution in [2.24, 2.45) is 0 Å². The summed E-state index contributed by atoms with van der Waals surface area (Å²) in [5.74, 6) is -0.0691. The molecule has 0 spiro atoms. The zero-order valence-electron chi connectivity index (χ0n) is 11.4. The summed E-state index contributed by atoms with van der Waals surface area (Å²) in [5, 5.41) is 6.32. The van der Waals surface area contributed by atoms with Crippen LogP contribution in [0, 0.1) is 0 Å². The van der Waals surface area contributed by atoms with E-state index < -0.39 is 0 Å². The highest BCUT2D eigenvalue weighted by Gasteiger charge is 2.23. The molecule has 0 radical (unpaired) electrons. The standard InChI is InChI=1S/C14H18ClN3O2/c1-10(11-4-2-3-5-12(11)15)17-14(20)9-18-7-6-16-13(19)8-18/h2-5,10H,6-9H2,1H3,(H,16,19)(H,17,20)/p+1/t10-/m1/s1. The molecule has 0 bridgehead atoms. The van der Waals surface area contributed by atoms with Gasteiger partial charge in [-0.05, 0) is 18.6 Å². The minimum atomic E-state index is -0.144. The van der Waals surface area contributed by atoms with E-state index in [0.717, 1.165) is 17.0 Å². The van der Waals surface area contributed by atoms with Gasteiger partial charge >= 0.3 is 0 Å². The maximum absolute atomic E-state index is 12.0. The van der Waals surface area contributed by atoms with Gasteiger partial charge in [-0.15, -0.1) is 0 Å². The van der Waals surface area contributed by atoms with Gasteiger partial charge in [0.1, 0.15) is 0 Å². The highest BCUT2D eigenvalue weighted by molar-refractivity contribution is 6.31. The molecule has 2 atom stereocenters. The van der Waals surface area contributed by atoms with Gasteiger partial charge in [0.25, 0.3) is 11.8 Å². The van der Waals surface area contributed by atoms with Gasteiger partial charge in [0, 0.05) is 5.02 Å². The van der Waals surface area contributed by atoms with Crippen molar-refractivity contribution in [2.45, 2.75) is 13.0 Å². The van der Waals surface area contributed by atoms with Crippen LogP contribution in [0.4, 0.5) is 0 Å². The third-order valence-corrected chi connectivity index (χ3v) is 3.72. The fourth-order valence-electron chi connectivity index (χ4n) is 2.33. The molecule has 1 fully saturated rings. The third kappa shape index (κ3) is 3.95. The van der Waals surface area contributed by atoms with Crippen molar-refractivity contribution in [2.75, 3.05) is 26.2 Å². The van der Waals surface area contributed by atoms with Crippen LogP contribution in [0.1, 0.15) is 18.5 Å². The van der Waals surface area contributed by atoms with Gasteiger partial charge in [-0.2, -0.15) is 0 Å². The van der Waals surface area contributed by atoms with Crippen molar-refractivity contribution in [3.05, 3.63) is 34.9 Å². The number of amides is 2. The second-order valence-corrected chi connectivity index (χ2v) is 5.42. The number of piperazine rings is 1. The van der Waals surface area contributed by atoms with Crippen LogP contribution in [0.5, 0.6) is 0 Å². The van der Waals surface area contributed by atoms with E-state index in [1.165, 1.54) is 0 Å². The van der Waals surface area contributed by atoms with Crippen LogP contribution in [0.25, 0.3) is 0 Å². The second kappa shape index (κ2) is 6.72. The first-order valence-electron chi connectivity index (χ1n) is 6.70. The summed E-state index contributed by atoms with van der Waals surface area (Å²) in [6, 6.07) is 7.31. The molecule has 20 heavy (non-hydrogen) atoms. The number of benzene rings is 1. The minimum absolute atomic E-state index is 0.00166. The molecule has 5 nitrogen and oxygen atoms in total. The van der Waals surface area contributed by atoms with E-state index in [-0.39, 0.29) is 17.9 Å². The molecule has 1 aliphatic heterocycles. The van der Waals surface area contributed by atoms with Crippen LogP contribution in [0.2, 0.25) is 5.02 Å². The highest BCUT2D eigenvalue weighted by Crippen LogP contribution is 2.21. The molecular weight excluding hydrogens is 278 g/mol. The van der Waals surface area contributed by atoms with E-state index in [0.29, 0.717) is 24.7 Å². The highest BCUT2D eigenvalue weighted by atomic mass is 35.5. The van der Waals surface area contributed by atoms with Crippen molar-refractivity contribution in [3.8, 4) is 0 Å². The molecule has 1 aliphatic rings. The molecule has 0 aliphatic carbocycles. The molecule has 1 saturated heterocycles. The lowest BCUT2D eigenvalue weighted by atomic mass is 10.1. The molecule has 108 valence electrons. The van der Waals surface area contributed by atoms with Gasteiger partial charge in [-0.25, -0.2) is 0 Å². The van der Waals surface area contributed by atoms with Crippen molar-refractivity contribution in [1.29, 1.82) is 0 Å². The van der Waals surface area contributed by atoms with E-state index in [1.807, 2.05) is 25.1 Å². The molecule has 3 N–H and O–H groups in total. The quantitative estimate of drug-likeness (QED) is 0.704. The Kier molecular flexibility index (Phi) is 4.98. The second-order valence-electron chi connectivity index (χ2n) is 5.01. The van der Waals surface area contributed by atoms with E-state index in [2.05, 4.69) is 10.6 Å². The van der Waals surface area contributed by atoms with E-state index in [1.54, 1.807) is 6.07 Å².